The Morgan fingerprint density at radius 1 is 1.70 bits per heavy atom. The fraction of sp³-hybridized carbons (Fsp3) is 0.167. The minimum absolute atomic E-state index is 0.582. The lowest BCUT2D eigenvalue weighted by molar-refractivity contribution is 1.21. The summed E-state index contributed by atoms with van der Waals surface area (Å²) >= 11 is 5.44. The van der Waals surface area contributed by atoms with Crippen LogP contribution in [0.3, 0.4) is 0 Å². The Hall–Kier alpha value is 0.160. The SMILES string of the molecule is Cc1cc(I)c(N)nc1Br. The van der Waals surface area contributed by atoms with Gasteiger partial charge < -0.3 is 5.73 Å². The first kappa shape index (κ1) is 8.26. The molecule has 0 unspecified atom stereocenters. The molecule has 4 heteroatoms. The van der Waals surface area contributed by atoms with Gasteiger partial charge in [-0.2, -0.15) is 0 Å². The predicted molar refractivity (Wildman–Crippen MR) is 53.8 cm³/mol. The second-order valence-electron chi connectivity index (χ2n) is 1.96. The maximum Gasteiger partial charge on any atom is 0.138 e. The summed E-state index contributed by atoms with van der Waals surface area (Å²) in [6.45, 7) is 1.98. The molecule has 1 aromatic rings. The van der Waals surface area contributed by atoms with E-state index in [1.165, 1.54) is 0 Å². The van der Waals surface area contributed by atoms with Crippen LogP contribution in [-0.2, 0) is 0 Å². The summed E-state index contributed by atoms with van der Waals surface area (Å²) in [5.74, 6) is 0.582. The van der Waals surface area contributed by atoms with Crippen molar-refractivity contribution in [2.24, 2.45) is 0 Å². The van der Waals surface area contributed by atoms with Crippen molar-refractivity contribution in [2.75, 3.05) is 5.73 Å². The van der Waals surface area contributed by atoms with Crippen molar-refractivity contribution in [1.29, 1.82) is 0 Å². The van der Waals surface area contributed by atoms with Crippen LogP contribution in [0.25, 0.3) is 0 Å². The second-order valence-corrected chi connectivity index (χ2v) is 3.88. The molecule has 0 aromatic carbocycles. The standard InChI is InChI=1S/C6H6BrIN2/c1-3-2-4(8)6(9)10-5(3)7/h2H,1H3,(H2,9,10). The summed E-state index contributed by atoms with van der Waals surface area (Å²) < 4.78 is 1.82. The minimum atomic E-state index is 0.582. The Morgan fingerprint density at radius 3 is 2.80 bits per heavy atom. The first-order valence-corrected chi connectivity index (χ1v) is 4.56. The number of hydrogen-bond acceptors (Lipinski definition) is 2. The van der Waals surface area contributed by atoms with Crippen molar-refractivity contribution < 1.29 is 0 Å². The number of nitrogens with zero attached hydrogens (tertiary/aromatic N) is 1. The van der Waals surface area contributed by atoms with Crippen molar-refractivity contribution >= 4 is 44.3 Å². The molecular formula is C6H6BrIN2. The summed E-state index contributed by atoms with van der Waals surface area (Å²) in [6.07, 6.45) is 0. The highest BCUT2D eigenvalue weighted by Crippen LogP contribution is 2.19. The number of anilines is 1. The summed E-state index contributed by atoms with van der Waals surface area (Å²) in [4.78, 5) is 4.06. The molecule has 0 saturated carbocycles. The fourth-order valence-corrected chi connectivity index (χ4v) is 1.46. The van der Waals surface area contributed by atoms with E-state index in [1.807, 2.05) is 13.0 Å². The molecule has 0 fully saturated rings. The number of aryl methyl sites for hydroxylation is 1. The number of halogens is 2. The Morgan fingerprint density at radius 2 is 2.30 bits per heavy atom. The Labute approximate surface area is 81.5 Å². The maximum absolute atomic E-state index is 5.54. The highest BCUT2D eigenvalue weighted by Gasteiger charge is 2.00. The van der Waals surface area contributed by atoms with E-state index in [9.17, 15) is 0 Å². The van der Waals surface area contributed by atoms with Gasteiger partial charge in [-0.15, -0.1) is 0 Å². The quantitative estimate of drug-likeness (QED) is 0.590. The molecule has 0 spiro atoms. The summed E-state index contributed by atoms with van der Waals surface area (Å²) in [6, 6.07) is 1.99. The van der Waals surface area contributed by atoms with E-state index in [-0.39, 0.29) is 0 Å². The normalized spacial score (nSPS) is 9.90. The van der Waals surface area contributed by atoms with Gasteiger partial charge in [0.2, 0.25) is 0 Å². The molecule has 0 saturated heterocycles. The number of nitrogen functional groups attached to an aromatic ring is 1. The molecule has 54 valence electrons. The van der Waals surface area contributed by atoms with Gasteiger partial charge in [0.25, 0.3) is 0 Å². The van der Waals surface area contributed by atoms with Crippen LogP contribution in [0.4, 0.5) is 5.82 Å². The van der Waals surface area contributed by atoms with E-state index in [0.29, 0.717) is 5.82 Å². The number of nitrogens with two attached hydrogens (primary N) is 1. The number of pyridine rings is 1. The lowest BCUT2D eigenvalue weighted by atomic mass is 10.3. The van der Waals surface area contributed by atoms with Crippen LogP contribution in [0.1, 0.15) is 5.56 Å². The number of hydrogen-bond donors (Lipinski definition) is 1. The second kappa shape index (κ2) is 3.04. The highest BCUT2D eigenvalue weighted by atomic mass is 127. The third-order valence-electron chi connectivity index (χ3n) is 1.13. The van der Waals surface area contributed by atoms with Crippen LogP contribution < -0.4 is 5.73 Å². The summed E-state index contributed by atoms with van der Waals surface area (Å²) in [7, 11) is 0. The minimum Gasteiger partial charge on any atom is -0.383 e. The van der Waals surface area contributed by atoms with Gasteiger partial charge in [0, 0.05) is 0 Å². The van der Waals surface area contributed by atoms with Gasteiger partial charge >= 0.3 is 0 Å². The van der Waals surface area contributed by atoms with Gasteiger partial charge in [0.05, 0.1) is 3.57 Å². The molecule has 1 aromatic heterocycles. The molecule has 0 bridgehead atoms. The summed E-state index contributed by atoms with van der Waals surface area (Å²) in [5.41, 5.74) is 6.65. The lowest BCUT2D eigenvalue weighted by Gasteiger charge is -2.00. The smallest absolute Gasteiger partial charge is 0.138 e. The highest BCUT2D eigenvalue weighted by molar-refractivity contribution is 14.1. The third kappa shape index (κ3) is 1.60. The Kier molecular flexibility index (Phi) is 2.51. The van der Waals surface area contributed by atoms with E-state index in [4.69, 9.17) is 5.73 Å². The van der Waals surface area contributed by atoms with E-state index in [2.05, 4.69) is 43.5 Å². The maximum atomic E-state index is 5.54. The number of rotatable bonds is 0. The van der Waals surface area contributed by atoms with Crippen LogP contribution in [0.5, 0.6) is 0 Å². The van der Waals surface area contributed by atoms with Crippen LogP contribution in [-0.4, -0.2) is 4.98 Å². The van der Waals surface area contributed by atoms with E-state index >= 15 is 0 Å². The molecule has 0 aliphatic rings. The van der Waals surface area contributed by atoms with Crippen molar-refractivity contribution in [3.8, 4) is 0 Å². The topological polar surface area (TPSA) is 38.9 Å². The third-order valence-corrected chi connectivity index (χ3v) is 2.80. The summed E-state index contributed by atoms with van der Waals surface area (Å²) in [5, 5.41) is 0. The molecule has 0 amide bonds. The van der Waals surface area contributed by atoms with Gasteiger partial charge in [0.15, 0.2) is 0 Å². The van der Waals surface area contributed by atoms with Gasteiger partial charge in [-0.1, -0.05) is 0 Å². The van der Waals surface area contributed by atoms with Crippen molar-refractivity contribution in [3.05, 3.63) is 19.8 Å². The molecule has 0 radical (unpaired) electrons. The van der Waals surface area contributed by atoms with Crippen molar-refractivity contribution in [3.63, 3.8) is 0 Å². The van der Waals surface area contributed by atoms with Crippen LogP contribution >= 0.6 is 38.5 Å². The Balaban J connectivity index is 3.28. The molecule has 0 aliphatic heterocycles. The molecule has 0 aliphatic carbocycles. The molecule has 1 rings (SSSR count). The molecular weight excluding hydrogens is 307 g/mol. The van der Waals surface area contributed by atoms with Gasteiger partial charge in [-0.05, 0) is 57.1 Å². The monoisotopic (exact) mass is 312 g/mol. The zero-order valence-electron chi connectivity index (χ0n) is 5.36. The average molecular weight is 313 g/mol. The zero-order chi connectivity index (χ0) is 7.72. The van der Waals surface area contributed by atoms with Crippen LogP contribution in [0.2, 0.25) is 0 Å². The molecule has 1 heterocycles. The van der Waals surface area contributed by atoms with E-state index in [1.54, 1.807) is 0 Å². The molecule has 2 N–H and O–H groups in total. The molecule has 2 nitrogen and oxygen atoms in total. The average Bonchev–Trinajstić information content (AvgIpc) is 1.84. The van der Waals surface area contributed by atoms with Crippen molar-refractivity contribution in [1.82, 2.24) is 4.98 Å². The van der Waals surface area contributed by atoms with Gasteiger partial charge in [-0.25, -0.2) is 4.98 Å². The first-order chi connectivity index (χ1) is 4.61. The van der Waals surface area contributed by atoms with Crippen molar-refractivity contribution in [2.45, 2.75) is 6.92 Å². The Bertz CT molecular complexity index is 212. The first-order valence-electron chi connectivity index (χ1n) is 2.69. The fourth-order valence-electron chi connectivity index (χ4n) is 0.571. The number of aromatic nitrogens is 1. The van der Waals surface area contributed by atoms with Gasteiger partial charge in [-0.3, -0.25) is 0 Å². The lowest BCUT2D eigenvalue weighted by Crippen LogP contribution is -1.95. The molecule has 0 atom stereocenters. The van der Waals surface area contributed by atoms with Gasteiger partial charge in [0.1, 0.15) is 10.4 Å². The van der Waals surface area contributed by atoms with Crippen LogP contribution in [0.15, 0.2) is 10.7 Å². The van der Waals surface area contributed by atoms with E-state index < -0.39 is 0 Å². The largest absolute Gasteiger partial charge is 0.383 e. The molecule has 10 heavy (non-hydrogen) atoms. The predicted octanol–water partition coefficient (Wildman–Crippen LogP) is 2.34. The van der Waals surface area contributed by atoms with E-state index in [0.717, 1.165) is 13.7 Å². The van der Waals surface area contributed by atoms with Crippen LogP contribution in [0, 0.1) is 10.5 Å². The zero-order valence-corrected chi connectivity index (χ0v) is 9.10.